The van der Waals surface area contributed by atoms with Crippen molar-refractivity contribution >= 4 is 16.0 Å². The van der Waals surface area contributed by atoms with Gasteiger partial charge in [-0.05, 0) is 24.6 Å². The molecule has 0 radical (unpaired) electrons. The molecule has 0 aliphatic carbocycles. The van der Waals surface area contributed by atoms with Crippen molar-refractivity contribution in [2.24, 2.45) is 10.1 Å². The molecule has 9 nitrogen and oxygen atoms in total. The number of rotatable bonds is 8. The van der Waals surface area contributed by atoms with E-state index in [0.29, 0.717) is 19.0 Å². The Hall–Kier alpha value is -2.46. The molecule has 0 atom stereocenters. The summed E-state index contributed by atoms with van der Waals surface area (Å²) in [5, 5.41) is 19.5. The van der Waals surface area contributed by atoms with Gasteiger partial charge in [-0.15, -0.1) is 10.2 Å². The minimum atomic E-state index is -3.71. The predicted molar refractivity (Wildman–Crippen MR) is 100 cm³/mol. The van der Waals surface area contributed by atoms with E-state index in [2.05, 4.69) is 25.8 Å². The van der Waals surface area contributed by atoms with Crippen molar-refractivity contribution in [3.05, 3.63) is 42.0 Å². The van der Waals surface area contributed by atoms with Crippen LogP contribution >= 0.6 is 0 Å². The number of primary sulfonamides is 1. The summed E-state index contributed by atoms with van der Waals surface area (Å²) in [6.07, 6.45) is 2.54. The van der Waals surface area contributed by atoms with E-state index >= 15 is 0 Å². The maximum atomic E-state index is 11.4. The number of sulfonamides is 1. The number of benzene rings is 1. The van der Waals surface area contributed by atoms with Crippen molar-refractivity contribution < 1.29 is 8.42 Å². The zero-order chi connectivity index (χ0) is 19.0. The second-order valence-electron chi connectivity index (χ2n) is 5.61. The molecule has 0 amide bonds. The van der Waals surface area contributed by atoms with Crippen LogP contribution in [0.5, 0.6) is 0 Å². The van der Waals surface area contributed by atoms with Crippen LogP contribution in [0.2, 0.25) is 0 Å². The molecular weight excluding hydrogens is 354 g/mol. The first-order valence-electron chi connectivity index (χ1n) is 8.44. The first-order valence-corrected chi connectivity index (χ1v) is 9.99. The molecule has 142 valence electrons. The Bertz CT molecular complexity index is 846. The Morgan fingerprint density at radius 1 is 1.31 bits per heavy atom. The van der Waals surface area contributed by atoms with Gasteiger partial charge in [-0.3, -0.25) is 0 Å². The maximum absolute atomic E-state index is 11.4. The Kier molecular flexibility index (Phi) is 7.10. The number of nitrogens with zero attached hydrogens (tertiary/aromatic N) is 4. The highest BCUT2D eigenvalue weighted by atomic mass is 32.2. The minimum absolute atomic E-state index is 0.0860. The van der Waals surface area contributed by atoms with E-state index < -0.39 is 10.0 Å². The van der Waals surface area contributed by atoms with Gasteiger partial charge in [0.05, 0.1) is 11.4 Å². The summed E-state index contributed by atoms with van der Waals surface area (Å²) >= 11 is 0. The van der Waals surface area contributed by atoms with Gasteiger partial charge in [0.1, 0.15) is 12.2 Å². The zero-order valence-corrected chi connectivity index (χ0v) is 15.8. The lowest BCUT2D eigenvalue weighted by molar-refractivity contribution is 0.597. The van der Waals surface area contributed by atoms with E-state index in [-0.39, 0.29) is 4.90 Å². The van der Waals surface area contributed by atoms with Gasteiger partial charge < -0.3 is 15.2 Å². The van der Waals surface area contributed by atoms with Gasteiger partial charge in [0, 0.05) is 26.1 Å². The smallest absolute Gasteiger partial charge is 0.238 e. The van der Waals surface area contributed by atoms with Crippen LogP contribution in [0.1, 0.15) is 25.2 Å². The van der Waals surface area contributed by atoms with E-state index in [1.807, 2.05) is 24.5 Å². The van der Waals surface area contributed by atoms with Crippen LogP contribution in [-0.2, 0) is 29.5 Å². The third kappa shape index (κ3) is 5.81. The highest BCUT2D eigenvalue weighted by molar-refractivity contribution is 7.89. The average molecular weight is 379 g/mol. The summed E-state index contributed by atoms with van der Waals surface area (Å²) in [4.78, 5) is 4.57. The van der Waals surface area contributed by atoms with Crippen LogP contribution in [0.25, 0.3) is 0 Å². The third-order valence-electron chi connectivity index (χ3n) is 3.65. The predicted octanol–water partition coefficient (Wildman–Crippen LogP) is 0.243. The fraction of sp³-hybridized carbons (Fsp3) is 0.438. The van der Waals surface area contributed by atoms with Gasteiger partial charge >= 0.3 is 0 Å². The van der Waals surface area contributed by atoms with Crippen LogP contribution in [0, 0.1) is 0 Å². The number of nitrogens with one attached hydrogen (secondary N) is 2. The number of hydrogen-bond acceptors (Lipinski definition) is 5. The summed E-state index contributed by atoms with van der Waals surface area (Å²) in [7, 11) is -3.71. The molecule has 2 aromatic rings. The highest BCUT2D eigenvalue weighted by Gasteiger charge is 2.08. The highest BCUT2D eigenvalue weighted by Crippen LogP contribution is 2.10. The molecule has 2 rings (SSSR count). The lowest BCUT2D eigenvalue weighted by Crippen LogP contribution is -2.38. The van der Waals surface area contributed by atoms with E-state index in [0.717, 1.165) is 30.9 Å². The van der Waals surface area contributed by atoms with Gasteiger partial charge in [-0.1, -0.05) is 19.1 Å². The van der Waals surface area contributed by atoms with E-state index in [1.54, 1.807) is 12.4 Å². The molecule has 0 saturated heterocycles. The molecule has 0 bridgehead atoms. The Morgan fingerprint density at radius 3 is 2.81 bits per heavy atom. The molecule has 26 heavy (non-hydrogen) atoms. The third-order valence-corrected chi connectivity index (χ3v) is 4.56. The van der Waals surface area contributed by atoms with Crippen LogP contribution < -0.4 is 15.8 Å². The Morgan fingerprint density at radius 2 is 2.12 bits per heavy atom. The van der Waals surface area contributed by atoms with Gasteiger partial charge in [-0.2, -0.15) is 0 Å². The largest absolute Gasteiger partial charge is 0.357 e. The van der Waals surface area contributed by atoms with Crippen LogP contribution in [0.4, 0.5) is 0 Å². The number of guanidine groups is 1. The number of aryl methyl sites for hydroxylation is 1. The lowest BCUT2D eigenvalue weighted by atomic mass is 10.2. The Balaban J connectivity index is 1.98. The zero-order valence-electron chi connectivity index (χ0n) is 15.0. The van der Waals surface area contributed by atoms with Gasteiger partial charge in [0.15, 0.2) is 5.96 Å². The average Bonchev–Trinajstić information content (AvgIpc) is 3.06. The number of nitrogens with two attached hydrogens (primary N) is 1. The summed E-state index contributed by atoms with van der Waals surface area (Å²) in [6, 6.07) is 6.47. The summed E-state index contributed by atoms with van der Waals surface area (Å²) < 4.78 is 24.9. The molecule has 1 aromatic heterocycles. The van der Waals surface area contributed by atoms with Crippen molar-refractivity contribution in [3.63, 3.8) is 0 Å². The molecule has 0 unspecified atom stereocenters. The van der Waals surface area contributed by atoms with Gasteiger partial charge in [0.2, 0.25) is 10.0 Å². The molecule has 0 spiro atoms. The Labute approximate surface area is 153 Å². The quantitative estimate of drug-likeness (QED) is 0.445. The molecule has 0 aliphatic heterocycles. The van der Waals surface area contributed by atoms with Crippen molar-refractivity contribution in [2.75, 3.05) is 13.1 Å². The van der Waals surface area contributed by atoms with Crippen molar-refractivity contribution in [1.29, 1.82) is 0 Å². The summed E-state index contributed by atoms with van der Waals surface area (Å²) in [5.74, 6) is 1.59. The minimum Gasteiger partial charge on any atom is -0.357 e. The molecule has 0 fully saturated rings. The van der Waals surface area contributed by atoms with Gasteiger partial charge in [0.25, 0.3) is 0 Å². The van der Waals surface area contributed by atoms with Crippen LogP contribution in [-0.4, -0.2) is 42.2 Å². The van der Waals surface area contributed by atoms with Crippen LogP contribution in [0.15, 0.2) is 40.5 Å². The monoisotopic (exact) mass is 379 g/mol. The SMILES string of the molecule is CCNC(=NCc1cccc(S(N)(=O)=O)c1)NCCn1cnnc1CC. The number of aromatic nitrogens is 3. The fourth-order valence-corrected chi connectivity index (χ4v) is 2.95. The molecule has 0 saturated carbocycles. The second kappa shape index (κ2) is 9.30. The normalized spacial score (nSPS) is 12.2. The first kappa shape index (κ1) is 19.9. The van der Waals surface area contributed by atoms with Crippen molar-refractivity contribution in [2.45, 2.75) is 38.3 Å². The fourth-order valence-electron chi connectivity index (χ4n) is 2.37. The van der Waals surface area contributed by atoms with Gasteiger partial charge in [-0.25, -0.2) is 18.5 Å². The van der Waals surface area contributed by atoms with E-state index in [1.165, 1.54) is 12.1 Å². The number of hydrogen-bond donors (Lipinski definition) is 3. The summed E-state index contributed by atoms with van der Waals surface area (Å²) in [5.41, 5.74) is 0.765. The van der Waals surface area contributed by atoms with E-state index in [9.17, 15) is 8.42 Å². The van der Waals surface area contributed by atoms with E-state index in [4.69, 9.17) is 5.14 Å². The second-order valence-corrected chi connectivity index (χ2v) is 7.17. The summed E-state index contributed by atoms with van der Waals surface area (Å²) in [6.45, 7) is 6.46. The van der Waals surface area contributed by atoms with Crippen LogP contribution in [0.3, 0.4) is 0 Å². The molecule has 1 aromatic carbocycles. The standard InChI is InChI=1S/C16H25N7O2S/c1-3-15-22-21-12-23(15)9-8-19-16(18-4-2)20-11-13-6-5-7-14(10-13)26(17,24)25/h5-7,10,12H,3-4,8-9,11H2,1-2H3,(H2,17,24,25)(H2,18,19,20). The van der Waals surface area contributed by atoms with Crippen molar-refractivity contribution in [1.82, 2.24) is 25.4 Å². The van der Waals surface area contributed by atoms with Crippen molar-refractivity contribution in [3.8, 4) is 0 Å². The molecule has 0 aliphatic rings. The molecule has 10 heteroatoms. The topological polar surface area (TPSA) is 127 Å². The molecule has 1 heterocycles. The number of aliphatic imine (C=N–C) groups is 1. The lowest BCUT2D eigenvalue weighted by Gasteiger charge is -2.12. The molecule has 4 N–H and O–H groups in total. The first-order chi connectivity index (χ1) is 12.4. The maximum Gasteiger partial charge on any atom is 0.238 e. The molecular formula is C16H25N7O2S.